The normalized spacial score (nSPS) is 10.6. The van der Waals surface area contributed by atoms with E-state index in [1.54, 1.807) is 18.3 Å². The van der Waals surface area contributed by atoms with Gasteiger partial charge in [0, 0.05) is 10.0 Å². The highest BCUT2D eigenvalue weighted by Gasteiger charge is 2.03. The fourth-order valence-corrected chi connectivity index (χ4v) is 1.88. The van der Waals surface area contributed by atoms with Crippen molar-refractivity contribution in [3.63, 3.8) is 0 Å². The molecule has 0 spiro atoms. The van der Waals surface area contributed by atoms with E-state index in [1.165, 1.54) is 12.1 Å². The van der Waals surface area contributed by atoms with E-state index >= 15 is 0 Å². The van der Waals surface area contributed by atoms with E-state index in [0.717, 1.165) is 10.0 Å². The fraction of sp³-hybridized carbons (Fsp3) is 0. The minimum atomic E-state index is -0.373. The van der Waals surface area contributed by atoms with Gasteiger partial charge >= 0.3 is 0 Å². The van der Waals surface area contributed by atoms with Gasteiger partial charge in [-0.3, -0.25) is 4.79 Å². The van der Waals surface area contributed by atoms with Crippen LogP contribution >= 0.6 is 15.9 Å². The molecule has 0 radical (unpaired) electrons. The van der Waals surface area contributed by atoms with E-state index in [0.29, 0.717) is 5.56 Å². The summed E-state index contributed by atoms with van der Waals surface area (Å²) < 4.78 is 0.941. The molecule has 0 atom stereocenters. The minimum Gasteiger partial charge on any atom is -0.508 e. The van der Waals surface area contributed by atoms with Gasteiger partial charge < -0.3 is 5.11 Å². The van der Waals surface area contributed by atoms with Crippen LogP contribution < -0.4 is 5.43 Å². The molecule has 96 valence electrons. The lowest BCUT2D eigenvalue weighted by molar-refractivity contribution is 0.0954. The molecule has 2 aromatic carbocycles. The molecule has 1 amide bonds. The van der Waals surface area contributed by atoms with Crippen LogP contribution in [0.5, 0.6) is 5.75 Å². The standard InChI is InChI=1S/C14H11BrN2O2/c15-12-5-1-3-10(7-12)9-16-17-14(19)11-4-2-6-13(18)8-11/h1-9,18H,(H,17,19)/b16-9+. The largest absolute Gasteiger partial charge is 0.508 e. The molecule has 4 nitrogen and oxygen atoms in total. The Morgan fingerprint density at radius 2 is 2.00 bits per heavy atom. The molecule has 0 aliphatic carbocycles. The molecule has 0 aliphatic rings. The zero-order valence-corrected chi connectivity index (χ0v) is 11.5. The second-order valence-corrected chi connectivity index (χ2v) is 4.72. The van der Waals surface area contributed by atoms with Crippen LogP contribution in [0, 0.1) is 0 Å². The van der Waals surface area contributed by atoms with E-state index in [4.69, 9.17) is 0 Å². The Kier molecular flexibility index (Phi) is 4.30. The zero-order valence-electron chi connectivity index (χ0n) is 9.88. The van der Waals surface area contributed by atoms with Crippen molar-refractivity contribution in [2.45, 2.75) is 0 Å². The van der Waals surface area contributed by atoms with Gasteiger partial charge in [-0.2, -0.15) is 5.10 Å². The molecule has 0 aliphatic heterocycles. The van der Waals surface area contributed by atoms with Crippen LogP contribution in [0.2, 0.25) is 0 Å². The quantitative estimate of drug-likeness (QED) is 0.675. The molecular weight excluding hydrogens is 308 g/mol. The molecule has 0 saturated heterocycles. The zero-order chi connectivity index (χ0) is 13.7. The average Bonchev–Trinajstić information content (AvgIpc) is 2.38. The summed E-state index contributed by atoms with van der Waals surface area (Å²) in [4.78, 5) is 11.7. The summed E-state index contributed by atoms with van der Waals surface area (Å²) in [5.41, 5.74) is 3.62. The van der Waals surface area contributed by atoms with Gasteiger partial charge in [0.05, 0.1) is 6.21 Å². The van der Waals surface area contributed by atoms with Crippen molar-refractivity contribution in [2.24, 2.45) is 5.10 Å². The van der Waals surface area contributed by atoms with Crippen LogP contribution in [0.25, 0.3) is 0 Å². The highest BCUT2D eigenvalue weighted by atomic mass is 79.9. The first kappa shape index (κ1) is 13.3. The topological polar surface area (TPSA) is 61.7 Å². The Balaban J connectivity index is 2.01. The summed E-state index contributed by atoms with van der Waals surface area (Å²) in [6.07, 6.45) is 1.55. The first-order valence-electron chi connectivity index (χ1n) is 5.53. The summed E-state index contributed by atoms with van der Waals surface area (Å²) in [7, 11) is 0. The minimum absolute atomic E-state index is 0.0450. The number of hydrogen-bond donors (Lipinski definition) is 2. The van der Waals surface area contributed by atoms with Crippen molar-refractivity contribution in [3.05, 3.63) is 64.1 Å². The molecule has 2 N–H and O–H groups in total. The second kappa shape index (κ2) is 6.15. The Morgan fingerprint density at radius 1 is 1.21 bits per heavy atom. The number of nitrogens with one attached hydrogen (secondary N) is 1. The smallest absolute Gasteiger partial charge is 0.271 e. The van der Waals surface area contributed by atoms with Crippen molar-refractivity contribution in [1.29, 1.82) is 0 Å². The molecule has 0 unspecified atom stereocenters. The third-order valence-corrected chi connectivity index (χ3v) is 2.83. The summed E-state index contributed by atoms with van der Waals surface area (Å²) in [5.74, 6) is -0.328. The molecule has 0 saturated carbocycles. The molecule has 0 heterocycles. The number of rotatable bonds is 3. The summed E-state index contributed by atoms with van der Waals surface area (Å²) in [5, 5.41) is 13.1. The second-order valence-electron chi connectivity index (χ2n) is 3.80. The van der Waals surface area contributed by atoms with Crippen molar-refractivity contribution in [3.8, 4) is 5.75 Å². The SMILES string of the molecule is O=C(N/N=C/c1cccc(Br)c1)c1cccc(O)c1. The van der Waals surface area contributed by atoms with Gasteiger partial charge in [-0.1, -0.05) is 34.1 Å². The van der Waals surface area contributed by atoms with Crippen LogP contribution in [0.15, 0.2) is 58.1 Å². The number of halogens is 1. The van der Waals surface area contributed by atoms with Gasteiger partial charge in [0.15, 0.2) is 0 Å². The number of phenols is 1. The Labute approximate surface area is 118 Å². The van der Waals surface area contributed by atoms with Gasteiger partial charge in [0.25, 0.3) is 5.91 Å². The van der Waals surface area contributed by atoms with Crippen molar-refractivity contribution in [1.82, 2.24) is 5.43 Å². The molecule has 2 rings (SSSR count). The van der Waals surface area contributed by atoms with Gasteiger partial charge in [-0.25, -0.2) is 5.43 Å². The number of benzene rings is 2. The maximum Gasteiger partial charge on any atom is 0.271 e. The lowest BCUT2D eigenvalue weighted by atomic mass is 10.2. The van der Waals surface area contributed by atoms with E-state index in [9.17, 15) is 9.90 Å². The maximum absolute atomic E-state index is 11.7. The molecule has 0 bridgehead atoms. The van der Waals surface area contributed by atoms with E-state index < -0.39 is 0 Å². The van der Waals surface area contributed by atoms with Crippen LogP contribution in [0.4, 0.5) is 0 Å². The molecular formula is C14H11BrN2O2. The summed E-state index contributed by atoms with van der Waals surface area (Å²) in [6.45, 7) is 0. The average molecular weight is 319 g/mol. The fourth-order valence-electron chi connectivity index (χ4n) is 1.46. The van der Waals surface area contributed by atoms with E-state index in [2.05, 4.69) is 26.5 Å². The first-order chi connectivity index (χ1) is 9.15. The monoisotopic (exact) mass is 318 g/mol. The third kappa shape index (κ3) is 3.93. The predicted octanol–water partition coefficient (Wildman–Crippen LogP) is 2.92. The molecule has 2 aromatic rings. The van der Waals surface area contributed by atoms with E-state index in [1.807, 2.05) is 24.3 Å². The maximum atomic E-state index is 11.7. The van der Waals surface area contributed by atoms with Crippen LogP contribution in [-0.2, 0) is 0 Å². The number of amides is 1. The third-order valence-electron chi connectivity index (χ3n) is 2.34. The number of carbonyl (C=O) groups is 1. The van der Waals surface area contributed by atoms with Crippen molar-refractivity contribution in [2.75, 3.05) is 0 Å². The highest BCUT2D eigenvalue weighted by molar-refractivity contribution is 9.10. The van der Waals surface area contributed by atoms with Crippen molar-refractivity contribution >= 4 is 28.1 Å². The summed E-state index contributed by atoms with van der Waals surface area (Å²) in [6, 6.07) is 13.6. The summed E-state index contributed by atoms with van der Waals surface area (Å²) >= 11 is 3.35. The van der Waals surface area contributed by atoms with Gasteiger partial charge in [-0.05, 0) is 35.9 Å². The Hall–Kier alpha value is -2.14. The predicted molar refractivity (Wildman–Crippen MR) is 77.3 cm³/mol. The van der Waals surface area contributed by atoms with Crippen LogP contribution in [0.3, 0.4) is 0 Å². The number of aromatic hydroxyl groups is 1. The van der Waals surface area contributed by atoms with Gasteiger partial charge in [-0.15, -0.1) is 0 Å². The molecule has 5 heteroatoms. The van der Waals surface area contributed by atoms with Crippen molar-refractivity contribution < 1.29 is 9.90 Å². The number of hydrazone groups is 1. The highest BCUT2D eigenvalue weighted by Crippen LogP contribution is 2.11. The molecule has 19 heavy (non-hydrogen) atoms. The number of carbonyl (C=O) groups excluding carboxylic acids is 1. The van der Waals surface area contributed by atoms with E-state index in [-0.39, 0.29) is 11.7 Å². The van der Waals surface area contributed by atoms with Gasteiger partial charge in [0.1, 0.15) is 5.75 Å². The van der Waals surface area contributed by atoms with Gasteiger partial charge in [0.2, 0.25) is 0 Å². The van der Waals surface area contributed by atoms with Crippen LogP contribution in [-0.4, -0.2) is 17.2 Å². The van der Waals surface area contributed by atoms with Crippen LogP contribution in [0.1, 0.15) is 15.9 Å². The lowest BCUT2D eigenvalue weighted by Crippen LogP contribution is -2.17. The first-order valence-corrected chi connectivity index (χ1v) is 6.32. The number of hydrogen-bond acceptors (Lipinski definition) is 3. The molecule has 0 fully saturated rings. The molecule has 0 aromatic heterocycles. The number of nitrogens with zero attached hydrogens (tertiary/aromatic N) is 1. The Bertz CT molecular complexity index is 626. The number of phenolic OH excluding ortho intramolecular Hbond substituents is 1. The lowest BCUT2D eigenvalue weighted by Gasteiger charge is -2.00. The Morgan fingerprint density at radius 3 is 2.74 bits per heavy atom.